The monoisotopic (exact) mass is 243 g/mol. The Labute approximate surface area is 109 Å². The lowest BCUT2D eigenvalue weighted by Crippen LogP contribution is -2.21. The zero-order valence-corrected chi connectivity index (χ0v) is 12.3. The van der Waals surface area contributed by atoms with Crippen molar-refractivity contribution < 1.29 is 4.74 Å². The topological polar surface area (TPSA) is 21.3 Å². The van der Waals surface area contributed by atoms with Gasteiger partial charge in [-0.3, -0.25) is 0 Å². The molecule has 2 nitrogen and oxygen atoms in total. The van der Waals surface area contributed by atoms with E-state index in [9.17, 15) is 0 Å². The Kier molecular flexibility index (Phi) is 13.9. The van der Waals surface area contributed by atoms with Crippen LogP contribution in [0.25, 0.3) is 0 Å². The van der Waals surface area contributed by atoms with E-state index in [1.54, 1.807) is 0 Å². The van der Waals surface area contributed by atoms with Crippen LogP contribution < -0.4 is 5.32 Å². The Morgan fingerprint density at radius 3 is 2.29 bits per heavy atom. The molecule has 0 fully saturated rings. The van der Waals surface area contributed by atoms with Crippen molar-refractivity contribution in [3.05, 3.63) is 0 Å². The molecule has 0 bridgehead atoms. The predicted octanol–water partition coefficient (Wildman–Crippen LogP) is 4.00. The Balaban J connectivity index is 2.89. The Morgan fingerprint density at radius 2 is 1.59 bits per heavy atom. The number of nitrogens with one attached hydrogen (secondary N) is 1. The van der Waals surface area contributed by atoms with Gasteiger partial charge in [0, 0.05) is 13.2 Å². The minimum absolute atomic E-state index is 0.756. The molecule has 0 aromatic heterocycles. The van der Waals surface area contributed by atoms with Crippen LogP contribution in [-0.4, -0.2) is 26.3 Å². The minimum Gasteiger partial charge on any atom is -0.380 e. The van der Waals surface area contributed by atoms with Gasteiger partial charge in [0.1, 0.15) is 0 Å². The van der Waals surface area contributed by atoms with Crippen LogP contribution in [0.15, 0.2) is 0 Å². The first kappa shape index (κ1) is 16.9. The molecule has 0 heterocycles. The molecule has 1 N–H and O–H groups in total. The van der Waals surface area contributed by atoms with Crippen molar-refractivity contribution in [2.75, 3.05) is 26.3 Å². The summed E-state index contributed by atoms with van der Waals surface area (Å²) >= 11 is 0. The molecule has 0 aromatic carbocycles. The van der Waals surface area contributed by atoms with E-state index in [0.717, 1.165) is 32.2 Å². The average Bonchev–Trinajstić information content (AvgIpc) is 2.30. The Bertz CT molecular complexity index is 137. The van der Waals surface area contributed by atoms with E-state index < -0.39 is 0 Å². The number of rotatable bonds is 13. The van der Waals surface area contributed by atoms with Crippen molar-refractivity contribution >= 4 is 0 Å². The predicted molar refractivity (Wildman–Crippen MR) is 76.5 cm³/mol. The number of hydrogen-bond acceptors (Lipinski definition) is 2. The number of unbranched alkanes of at least 4 members (excludes halogenated alkanes) is 5. The second-order valence-corrected chi connectivity index (χ2v) is 5.31. The third kappa shape index (κ3) is 15.9. The van der Waals surface area contributed by atoms with Crippen LogP contribution >= 0.6 is 0 Å². The van der Waals surface area contributed by atoms with Gasteiger partial charge in [0.25, 0.3) is 0 Å². The molecule has 0 radical (unpaired) electrons. The fourth-order valence-corrected chi connectivity index (χ4v) is 1.72. The van der Waals surface area contributed by atoms with Crippen molar-refractivity contribution in [2.45, 2.75) is 65.7 Å². The molecule has 0 unspecified atom stereocenters. The van der Waals surface area contributed by atoms with Gasteiger partial charge in [0.15, 0.2) is 0 Å². The zero-order valence-electron chi connectivity index (χ0n) is 12.3. The first-order chi connectivity index (χ1) is 8.27. The highest BCUT2D eigenvalue weighted by molar-refractivity contribution is 4.50. The highest BCUT2D eigenvalue weighted by Crippen LogP contribution is 2.03. The van der Waals surface area contributed by atoms with E-state index in [2.05, 4.69) is 26.1 Å². The molecular formula is C15H33NO. The van der Waals surface area contributed by atoms with Gasteiger partial charge in [-0.2, -0.15) is 0 Å². The van der Waals surface area contributed by atoms with Crippen molar-refractivity contribution in [1.82, 2.24) is 5.32 Å². The van der Waals surface area contributed by atoms with E-state index >= 15 is 0 Å². The standard InChI is InChI=1S/C15H33NO/c1-4-5-6-7-8-9-11-16-12-14-17-13-10-15(2)3/h15-16H,4-14H2,1-3H3. The van der Waals surface area contributed by atoms with Crippen LogP contribution in [0.4, 0.5) is 0 Å². The molecule has 0 amide bonds. The molecule has 0 saturated heterocycles. The van der Waals surface area contributed by atoms with Gasteiger partial charge in [0.05, 0.1) is 6.61 Å². The van der Waals surface area contributed by atoms with E-state index in [4.69, 9.17) is 4.74 Å². The SMILES string of the molecule is CCCCCCCCNCCOCCC(C)C. The van der Waals surface area contributed by atoms with Gasteiger partial charge < -0.3 is 10.1 Å². The molecule has 0 spiro atoms. The quantitative estimate of drug-likeness (QED) is 0.494. The second-order valence-electron chi connectivity index (χ2n) is 5.31. The summed E-state index contributed by atoms with van der Waals surface area (Å²) in [5.41, 5.74) is 0. The van der Waals surface area contributed by atoms with Crippen molar-refractivity contribution in [3.63, 3.8) is 0 Å². The van der Waals surface area contributed by atoms with Crippen LogP contribution in [0.1, 0.15) is 65.7 Å². The molecule has 0 aliphatic rings. The summed E-state index contributed by atoms with van der Waals surface area (Å²) in [6.07, 6.45) is 9.42. The molecule has 17 heavy (non-hydrogen) atoms. The lowest BCUT2D eigenvalue weighted by Gasteiger charge is -2.07. The lowest BCUT2D eigenvalue weighted by atomic mass is 10.1. The molecule has 0 aliphatic heterocycles. The van der Waals surface area contributed by atoms with Crippen LogP contribution in [-0.2, 0) is 4.74 Å². The summed E-state index contributed by atoms with van der Waals surface area (Å²) in [4.78, 5) is 0. The Morgan fingerprint density at radius 1 is 0.882 bits per heavy atom. The molecule has 0 aromatic rings. The summed E-state index contributed by atoms with van der Waals surface area (Å²) in [6, 6.07) is 0. The summed E-state index contributed by atoms with van der Waals surface area (Å²) < 4.78 is 5.54. The molecule has 104 valence electrons. The molecule has 0 atom stereocenters. The highest BCUT2D eigenvalue weighted by Gasteiger charge is 1.94. The first-order valence-electron chi connectivity index (χ1n) is 7.55. The largest absolute Gasteiger partial charge is 0.380 e. The molecule has 2 heteroatoms. The number of hydrogen-bond donors (Lipinski definition) is 1. The van der Waals surface area contributed by atoms with E-state index in [-0.39, 0.29) is 0 Å². The third-order valence-electron chi connectivity index (χ3n) is 2.97. The molecular weight excluding hydrogens is 210 g/mol. The van der Waals surface area contributed by atoms with Crippen molar-refractivity contribution in [3.8, 4) is 0 Å². The fraction of sp³-hybridized carbons (Fsp3) is 1.00. The van der Waals surface area contributed by atoms with Gasteiger partial charge in [-0.25, -0.2) is 0 Å². The molecule has 0 rings (SSSR count). The van der Waals surface area contributed by atoms with Gasteiger partial charge in [-0.15, -0.1) is 0 Å². The summed E-state index contributed by atoms with van der Waals surface area (Å²) in [5, 5.41) is 3.44. The fourth-order valence-electron chi connectivity index (χ4n) is 1.72. The smallest absolute Gasteiger partial charge is 0.0590 e. The van der Waals surface area contributed by atoms with Crippen LogP contribution in [0.3, 0.4) is 0 Å². The minimum atomic E-state index is 0.756. The van der Waals surface area contributed by atoms with Crippen LogP contribution in [0.5, 0.6) is 0 Å². The summed E-state index contributed by atoms with van der Waals surface area (Å²) in [5.74, 6) is 0.756. The maximum absolute atomic E-state index is 5.54. The third-order valence-corrected chi connectivity index (χ3v) is 2.97. The second kappa shape index (κ2) is 14.0. The zero-order chi connectivity index (χ0) is 12.8. The summed E-state index contributed by atoms with van der Waals surface area (Å²) in [7, 11) is 0. The van der Waals surface area contributed by atoms with Crippen molar-refractivity contribution in [2.24, 2.45) is 5.92 Å². The number of ether oxygens (including phenoxy) is 1. The van der Waals surface area contributed by atoms with E-state index in [1.807, 2.05) is 0 Å². The van der Waals surface area contributed by atoms with Crippen molar-refractivity contribution in [1.29, 1.82) is 0 Å². The Hall–Kier alpha value is -0.0800. The highest BCUT2D eigenvalue weighted by atomic mass is 16.5. The lowest BCUT2D eigenvalue weighted by molar-refractivity contribution is 0.125. The average molecular weight is 243 g/mol. The molecule has 0 saturated carbocycles. The molecule has 0 aliphatic carbocycles. The normalized spacial score (nSPS) is 11.3. The van der Waals surface area contributed by atoms with Gasteiger partial charge >= 0.3 is 0 Å². The summed E-state index contributed by atoms with van der Waals surface area (Å²) in [6.45, 7) is 10.7. The van der Waals surface area contributed by atoms with Gasteiger partial charge in [0.2, 0.25) is 0 Å². The maximum Gasteiger partial charge on any atom is 0.0590 e. The van der Waals surface area contributed by atoms with Gasteiger partial charge in [-0.05, 0) is 25.3 Å². The van der Waals surface area contributed by atoms with Crippen LogP contribution in [0.2, 0.25) is 0 Å². The van der Waals surface area contributed by atoms with Crippen LogP contribution in [0, 0.1) is 5.92 Å². The van der Waals surface area contributed by atoms with E-state index in [1.165, 1.54) is 44.9 Å². The van der Waals surface area contributed by atoms with Gasteiger partial charge in [-0.1, -0.05) is 52.9 Å². The first-order valence-corrected chi connectivity index (χ1v) is 7.55. The maximum atomic E-state index is 5.54. The van der Waals surface area contributed by atoms with E-state index in [0.29, 0.717) is 0 Å².